The van der Waals surface area contributed by atoms with Gasteiger partial charge < -0.3 is 10.1 Å². The van der Waals surface area contributed by atoms with Gasteiger partial charge in [-0.15, -0.1) is 11.3 Å². The van der Waals surface area contributed by atoms with Crippen LogP contribution in [-0.4, -0.2) is 12.5 Å². The first kappa shape index (κ1) is 21.5. The quantitative estimate of drug-likeness (QED) is 0.447. The van der Waals surface area contributed by atoms with Crippen molar-refractivity contribution in [3.63, 3.8) is 0 Å². The van der Waals surface area contributed by atoms with Gasteiger partial charge in [-0.2, -0.15) is 5.26 Å². The van der Waals surface area contributed by atoms with Gasteiger partial charge in [-0.1, -0.05) is 38.2 Å². The third-order valence-electron chi connectivity index (χ3n) is 5.29. The summed E-state index contributed by atoms with van der Waals surface area (Å²) < 4.78 is 6.50. The van der Waals surface area contributed by atoms with Crippen LogP contribution in [0, 0.1) is 21.1 Å². The average molecular weight is 427 g/mol. The monoisotopic (exact) mass is 426 g/mol. The molecule has 3 rings (SSSR count). The van der Waals surface area contributed by atoms with E-state index in [0.29, 0.717) is 35.9 Å². The fourth-order valence-electron chi connectivity index (χ4n) is 3.58. The van der Waals surface area contributed by atoms with Crippen molar-refractivity contribution in [2.45, 2.75) is 52.4 Å². The maximum atomic E-state index is 12.4. The lowest BCUT2D eigenvalue weighted by atomic mass is 9.85. The molecule has 1 atom stereocenters. The number of anilines is 1. The van der Waals surface area contributed by atoms with E-state index >= 15 is 0 Å². The Hall–Kier alpha value is -2.23. The van der Waals surface area contributed by atoms with Crippen LogP contribution in [0.15, 0.2) is 24.3 Å². The number of aryl methyl sites for hydroxylation is 1. The summed E-state index contributed by atoms with van der Waals surface area (Å²) in [6.07, 6.45) is 4.77. The van der Waals surface area contributed by atoms with Crippen LogP contribution in [0.3, 0.4) is 0 Å². The minimum absolute atomic E-state index is 0.110. The molecule has 1 aromatic carbocycles. The van der Waals surface area contributed by atoms with Crippen molar-refractivity contribution in [2.75, 3.05) is 11.9 Å². The van der Waals surface area contributed by atoms with E-state index in [4.69, 9.17) is 17.0 Å². The Kier molecular flexibility index (Phi) is 7.40. The molecule has 6 heteroatoms. The first-order valence-corrected chi connectivity index (χ1v) is 11.3. The summed E-state index contributed by atoms with van der Waals surface area (Å²) in [6, 6.07) is 10.3. The molecule has 1 heterocycles. The second-order valence-corrected chi connectivity index (χ2v) is 9.20. The van der Waals surface area contributed by atoms with E-state index in [0.717, 1.165) is 46.4 Å². The minimum Gasteiger partial charge on any atom is -0.494 e. The lowest BCUT2D eigenvalue weighted by Gasteiger charge is -2.23. The van der Waals surface area contributed by atoms with E-state index in [1.54, 1.807) is 0 Å². The van der Waals surface area contributed by atoms with Crippen molar-refractivity contribution in [2.24, 2.45) is 5.92 Å². The Bertz CT molecular complexity index is 974. The molecule has 4 nitrogen and oxygen atoms in total. The molecule has 1 aromatic heterocycles. The van der Waals surface area contributed by atoms with Crippen LogP contribution in [0.2, 0.25) is 0 Å². The van der Waals surface area contributed by atoms with E-state index in [9.17, 15) is 10.1 Å². The molecule has 1 N–H and O–H groups in total. The van der Waals surface area contributed by atoms with Gasteiger partial charge in [-0.25, -0.2) is 0 Å². The Morgan fingerprint density at radius 3 is 2.79 bits per heavy atom. The fraction of sp³-hybridized carbons (Fsp3) is 0.435. The van der Waals surface area contributed by atoms with E-state index in [2.05, 4.69) is 37.4 Å². The molecule has 0 fully saturated rings. The summed E-state index contributed by atoms with van der Waals surface area (Å²) in [5.74, 6) is 1.29. The Labute approximate surface area is 181 Å². The van der Waals surface area contributed by atoms with E-state index in [-0.39, 0.29) is 5.91 Å². The van der Waals surface area contributed by atoms with Gasteiger partial charge in [-0.3, -0.25) is 4.79 Å². The predicted molar refractivity (Wildman–Crippen MR) is 120 cm³/mol. The van der Waals surface area contributed by atoms with E-state index in [1.165, 1.54) is 16.9 Å². The van der Waals surface area contributed by atoms with Crippen LogP contribution < -0.4 is 10.1 Å². The average Bonchev–Trinajstić information content (AvgIpc) is 2.72. The number of amides is 1. The number of nitrogens with one attached hydrogen (secondary N) is 1. The van der Waals surface area contributed by atoms with Crippen LogP contribution in [0.25, 0.3) is 0 Å². The third kappa shape index (κ3) is 5.43. The van der Waals surface area contributed by atoms with Crippen LogP contribution in [-0.2, 0) is 24.1 Å². The highest BCUT2D eigenvalue weighted by atomic mass is 32.1. The molecule has 0 saturated carbocycles. The number of nitrogens with zero attached hydrogens (tertiary/aromatic N) is 1. The molecule has 152 valence electrons. The Morgan fingerprint density at radius 1 is 1.34 bits per heavy atom. The fourth-order valence-corrected chi connectivity index (χ4v) is 4.99. The van der Waals surface area contributed by atoms with Gasteiger partial charge in [0.15, 0.2) is 0 Å². The molecule has 2 aromatic rings. The normalized spacial score (nSPS) is 15.3. The van der Waals surface area contributed by atoms with Crippen molar-refractivity contribution < 1.29 is 9.53 Å². The summed E-state index contributed by atoms with van der Waals surface area (Å²) in [7, 11) is 0. The Balaban J connectivity index is 1.57. The number of carbonyl (C=O) groups is 1. The largest absolute Gasteiger partial charge is 0.494 e. The molecule has 0 aliphatic heterocycles. The number of rotatable bonds is 7. The highest BCUT2D eigenvalue weighted by Crippen LogP contribution is 2.36. The topological polar surface area (TPSA) is 62.1 Å². The SMILES string of the molecule is CCc1ccc(OCCCC(=O)Nc2sc(=S)c3c(c2C#N)CCC(C)C3)cc1. The summed E-state index contributed by atoms with van der Waals surface area (Å²) >= 11 is 6.90. The second kappa shape index (κ2) is 10.00. The van der Waals surface area contributed by atoms with Gasteiger partial charge >= 0.3 is 0 Å². The lowest BCUT2D eigenvalue weighted by Crippen LogP contribution is -2.17. The zero-order valence-electron chi connectivity index (χ0n) is 16.9. The number of hydrogen-bond donors (Lipinski definition) is 1. The highest BCUT2D eigenvalue weighted by Gasteiger charge is 2.23. The number of nitriles is 1. The number of fused-ring (bicyclic) bond motifs is 1. The van der Waals surface area contributed by atoms with Gasteiger partial charge in [0.25, 0.3) is 0 Å². The first-order valence-electron chi connectivity index (χ1n) is 10.1. The van der Waals surface area contributed by atoms with E-state index < -0.39 is 0 Å². The maximum absolute atomic E-state index is 12.4. The van der Waals surface area contributed by atoms with Gasteiger partial charge in [0, 0.05) is 6.42 Å². The van der Waals surface area contributed by atoms with Gasteiger partial charge in [-0.05, 0) is 66.8 Å². The molecule has 0 saturated heterocycles. The van der Waals surface area contributed by atoms with Gasteiger partial charge in [0.1, 0.15) is 16.8 Å². The van der Waals surface area contributed by atoms with Crippen LogP contribution in [0.1, 0.15) is 55.4 Å². The minimum atomic E-state index is -0.110. The van der Waals surface area contributed by atoms with Crippen molar-refractivity contribution in [3.8, 4) is 11.8 Å². The van der Waals surface area contributed by atoms with Crippen molar-refractivity contribution in [1.29, 1.82) is 5.26 Å². The zero-order valence-corrected chi connectivity index (χ0v) is 18.5. The maximum Gasteiger partial charge on any atom is 0.225 e. The molecule has 1 unspecified atom stereocenters. The highest BCUT2D eigenvalue weighted by molar-refractivity contribution is 7.73. The number of carbonyl (C=O) groups excluding carboxylic acids is 1. The molecule has 0 radical (unpaired) electrons. The molecule has 1 aliphatic carbocycles. The molecular formula is C23H26N2O2S2. The summed E-state index contributed by atoms with van der Waals surface area (Å²) in [6.45, 7) is 4.80. The standard InChI is InChI=1S/C23H26N2O2S2/c1-3-16-7-9-17(10-8-16)27-12-4-5-21(26)25-22-20(14-24)18-11-6-15(2)13-19(18)23(28)29-22/h7-10,15H,3-6,11-13H2,1-2H3,(H,25,26). The Morgan fingerprint density at radius 2 is 2.10 bits per heavy atom. The number of hydrogen-bond acceptors (Lipinski definition) is 5. The summed E-state index contributed by atoms with van der Waals surface area (Å²) in [5.41, 5.74) is 4.02. The van der Waals surface area contributed by atoms with Crippen LogP contribution in [0.4, 0.5) is 5.00 Å². The zero-order chi connectivity index (χ0) is 20.8. The summed E-state index contributed by atoms with van der Waals surface area (Å²) in [4.78, 5) is 12.4. The molecular weight excluding hydrogens is 400 g/mol. The van der Waals surface area contributed by atoms with Crippen molar-refractivity contribution in [3.05, 3.63) is 50.3 Å². The van der Waals surface area contributed by atoms with Gasteiger partial charge in [0.05, 0.1) is 16.0 Å². The van der Waals surface area contributed by atoms with Crippen LogP contribution >= 0.6 is 23.6 Å². The lowest BCUT2D eigenvalue weighted by molar-refractivity contribution is -0.116. The first-order chi connectivity index (χ1) is 14.0. The van der Waals surface area contributed by atoms with Crippen molar-refractivity contribution >= 4 is 34.5 Å². The number of ether oxygens (including phenoxy) is 1. The molecule has 0 bridgehead atoms. The molecule has 1 amide bonds. The van der Waals surface area contributed by atoms with Gasteiger partial charge in [0.2, 0.25) is 5.91 Å². The number of benzene rings is 1. The predicted octanol–water partition coefficient (Wildman–Crippen LogP) is 5.83. The molecule has 29 heavy (non-hydrogen) atoms. The van der Waals surface area contributed by atoms with E-state index in [1.807, 2.05) is 12.1 Å². The second-order valence-electron chi connectivity index (χ2n) is 7.51. The molecule has 1 aliphatic rings. The molecule has 0 spiro atoms. The summed E-state index contributed by atoms with van der Waals surface area (Å²) in [5, 5.41) is 13.2. The third-order valence-corrected chi connectivity index (χ3v) is 6.73. The van der Waals surface area contributed by atoms with Crippen LogP contribution in [0.5, 0.6) is 5.75 Å². The smallest absolute Gasteiger partial charge is 0.225 e. The van der Waals surface area contributed by atoms with Crippen molar-refractivity contribution in [1.82, 2.24) is 0 Å².